The molecule has 5 nitrogen and oxygen atoms in total. The SMILES string of the molecule is CC(C)(C)C(c1ccc(OCc2ccccn2)cc1)c1ccc(-c2noc(CF)n2)cc1. The maximum Gasteiger partial charge on any atom is 0.258 e. The van der Waals surface area contributed by atoms with Gasteiger partial charge in [-0.2, -0.15) is 4.98 Å². The fraction of sp³-hybridized carbons (Fsp3) is 0.269. The van der Waals surface area contributed by atoms with Crippen LogP contribution in [0.1, 0.15) is 49.4 Å². The van der Waals surface area contributed by atoms with Gasteiger partial charge in [-0.1, -0.05) is 68.4 Å². The topological polar surface area (TPSA) is 61.0 Å². The molecule has 1 atom stereocenters. The number of halogens is 1. The molecule has 0 bridgehead atoms. The number of benzene rings is 2. The third kappa shape index (κ3) is 5.02. The predicted octanol–water partition coefficient (Wildman–Crippen LogP) is 6.36. The van der Waals surface area contributed by atoms with Crippen LogP contribution in [0.5, 0.6) is 5.75 Å². The molecule has 0 aliphatic carbocycles. The van der Waals surface area contributed by atoms with Crippen LogP contribution in [-0.2, 0) is 13.3 Å². The van der Waals surface area contributed by atoms with Crippen LogP contribution in [0.2, 0.25) is 0 Å². The molecular formula is C26H26FN3O2. The molecule has 2 aromatic carbocycles. The minimum atomic E-state index is -0.765. The first-order valence-electron chi connectivity index (χ1n) is 10.6. The van der Waals surface area contributed by atoms with Gasteiger partial charge >= 0.3 is 0 Å². The number of hydrogen-bond acceptors (Lipinski definition) is 5. The molecule has 0 aliphatic rings. The summed E-state index contributed by atoms with van der Waals surface area (Å²) in [6, 6.07) is 22.1. The third-order valence-corrected chi connectivity index (χ3v) is 5.28. The minimum absolute atomic E-state index is 0.00855. The van der Waals surface area contributed by atoms with E-state index in [4.69, 9.17) is 9.26 Å². The molecule has 6 heteroatoms. The van der Waals surface area contributed by atoms with Gasteiger partial charge in [0.05, 0.1) is 5.69 Å². The maximum absolute atomic E-state index is 12.7. The van der Waals surface area contributed by atoms with Gasteiger partial charge in [-0.25, -0.2) is 4.39 Å². The summed E-state index contributed by atoms with van der Waals surface area (Å²) in [5.74, 6) is 1.36. The molecule has 1 unspecified atom stereocenters. The molecule has 0 fully saturated rings. The second-order valence-electron chi connectivity index (χ2n) is 8.75. The molecule has 0 saturated carbocycles. The average molecular weight is 432 g/mol. The average Bonchev–Trinajstić information content (AvgIpc) is 3.28. The third-order valence-electron chi connectivity index (χ3n) is 5.28. The highest BCUT2D eigenvalue weighted by atomic mass is 19.1. The predicted molar refractivity (Wildman–Crippen MR) is 121 cm³/mol. The smallest absolute Gasteiger partial charge is 0.258 e. The van der Waals surface area contributed by atoms with Crippen molar-refractivity contribution in [2.75, 3.05) is 0 Å². The number of hydrogen-bond donors (Lipinski definition) is 0. The van der Waals surface area contributed by atoms with E-state index in [1.54, 1.807) is 6.20 Å². The second kappa shape index (κ2) is 9.30. The molecule has 164 valence electrons. The quantitative estimate of drug-likeness (QED) is 0.341. The lowest BCUT2D eigenvalue weighted by molar-refractivity contribution is 0.301. The van der Waals surface area contributed by atoms with Crippen LogP contribution >= 0.6 is 0 Å². The van der Waals surface area contributed by atoms with E-state index < -0.39 is 6.67 Å². The molecule has 0 spiro atoms. The van der Waals surface area contributed by atoms with Crippen molar-refractivity contribution in [2.24, 2.45) is 5.41 Å². The number of rotatable bonds is 7. The number of aromatic nitrogens is 3. The molecule has 0 amide bonds. The Balaban J connectivity index is 1.53. The van der Waals surface area contributed by atoms with Crippen LogP contribution in [-0.4, -0.2) is 15.1 Å². The van der Waals surface area contributed by atoms with Gasteiger partial charge in [0.25, 0.3) is 5.89 Å². The Bertz CT molecular complexity index is 1130. The standard InChI is InChI=1S/C26H26FN3O2/c1-26(2,3)24(18-7-9-20(10-8-18)25-29-23(16-27)32-30-25)19-11-13-22(14-12-19)31-17-21-6-4-5-15-28-21/h4-15,24H,16-17H2,1-3H3. The van der Waals surface area contributed by atoms with Gasteiger partial charge in [0.2, 0.25) is 5.82 Å². The summed E-state index contributed by atoms with van der Waals surface area (Å²) >= 11 is 0. The fourth-order valence-electron chi connectivity index (χ4n) is 3.84. The second-order valence-corrected chi connectivity index (χ2v) is 8.75. The zero-order chi connectivity index (χ0) is 22.6. The van der Waals surface area contributed by atoms with Gasteiger partial charge in [-0.3, -0.25) is 4.98 Å². The van der Waals surface area contributed by atoms with Crippen molar-refractivity contribution in [2.45, 2.75) is 40.0 Å². The summed E-state index contributed by atoms with van der Waals surface area (Å²) < 4.78 is 23.5. The Kier molecular flexibility index (Phi) is 6.30. The molecule has 0 N–H and O–H groups in total. The molecule has 0 radical (unpaired) electrons. The van der Waals surface area contributed by atoms with Crippen molar-refractivity contribution >= 4 is 0 Å². The van der Waals surface area contributed by atoms with Gasteiger partial charge in [0.15, 0.2) is 6.67 Å². The van der Waals surface area contributed by atoms with Gasteiger partial charge in [0, 0.05) is 17.7 Å². The van der Waals surface area contributed by atoms with E-state index in [-0.39, 0.29) is 17.2 Å². The monoisotopic (exact) mass is 431 g/mol. The van der Waals surface area contributed by atoms with E-state index in [9.17, 15) is 4.39 Å². The first kappa shape index (κ1) is 21.7. The molecule has 4 rings (SSSR count). The lowest BCUT2D eigenvalue weighted by atomic mass is 9.72. The molecule has 0 saturated heterocycles. The highest BCUT2D eigenvalue weighted by Gasteiger charge is 2.28. The van der Waals surface area contributed by atoms with Crippen molar-refractivity contribution in [3.63, 3.8) is 0 Å². The molecule has 0 aliphatic heterocycles. The van der Waals surface area contributed by atoms with E-state index >= 15 is 0 Å². The Labute approximate surface area is 187 Å². The van der Waals surface area contributed by atoms with Crippen molar-refractivity contribution < 1.29 is 13.7 Å². The highest BCUT2D eigenvalue weighted by Crippen LogP contribution is 2.41. The summed E-state index contributed by atoms with van der Waals surface area (Å²) in [7, 11) is 0. The zero-order valence-electron chi connectivity index (χ0n) is 18.5. The lowest BCUT2D eigenvalue weighted by Crippen LogP contribution is -2.19. The van der Waals surface area contributed by atoms with E-state index in [0.717, 1.165) is 17.0 Å². The van der Waals surface area contributed by atoms with Crippen molar-refractivity contribution in [3.8, 4) is 17.1 Å². The Morgan fingerprint density at radius 3 is 2.19 bits per heavy atom. The van der Waals surface area contributed by atoms with Gasteiger partial charge in [-0.05, 0) is 40.8 Å². The van der Waals surface area contributed by atoms with Crippen molar-refractivity contribution in [1.29, 1.82) is 0 Å². The molecular weight excluding hydrogens is 405 g/mol. The maximum atomic E-state index is 12.7. The zero-order valence-corrected chi connectivity index (χ0v) is 18.5. The van der Waals surface area contributed by atoms with Crippen LogP contribution in [0, 0.1) is 5.41 Å². The molecule has 32 heavy (non-hydrogen) atoms. The van der Waals surface area contributed by atoms with Crippen LogP contribution in [0.25, 0.3) is 11.4 Å². The largest absolute Gasteiger partial charge is 0.487 e. The summed E-state index contributed by atoms with van der Waals surface area (Å²) in [6.45, 7) is 6.35. The number of alkyl halides is 1. The van der Waals surface area contributed by atoms with E-state index in [2.05, 4.69) is 60.2 Å². The van der Waals surface area contributed by atoms with Crippen LogP contribution in [0.3, 0.4) is 0 Å². The Hall–Kier alpha value is -3.54. The summed E-state index contributed by atoms with van der Waals surface area (Å²) in [6.07, 6.45) is 1.76. The molecule has 4 aromatic rings. The summed E-state index contributed by atoms with van der Waals surface area (Å²) in [5, 5.41) is 3.84. The number of ether oxygens (including phenoxy) is 1. The van der Waals surface area contributed by atoms with Crippen molar-refractivity contribution in [1.82, 2.24) is 15.1 Å². The summed E-state index contributed by atoms with van der Waals surface area (Å²) in [4.78, 5) is 8.35. The summed E-state index contributed by atoms with van der Waals surface area (Å²) in [5.41, 5.74) is 4.06. The first-order valence-corrected chi connectivity index (χ1v) is 10.6. The Morgan fingerprint density at radius 1 is 0.938 bits per heavy atom. The highest BCUT2D eigenvalue weighted by molar-refractivity contribution is 5.55. The van der Waals surface area contributed by atoms with E-state index in [1.165, 1.54) is 11.1 Å². The number of nitrogens with zero attached hydrogens (tertiary/aromatic N) is 3. The Morgan fingerprint density at radius 2 is 1.62 bits per heavy atom. The molecule has 2 aromatic heterocycles. The number of pyridine rings is 1. The van der Waals surface area contributed by atoms with Gasteiger partial charge in [-0.15, -0.1) is 0 Å². The fourth-order valence-corrected chi connectivity index (χ4v) is 3.84. The van der Waals surface area contributed by atoms with E-state index in [1.807, 2.05) is 42.5 Å². The van der Waals surface area contributed by atoms with E-state index in [0.29, 0.717) is 12.4 Å². The lowest BCUT2D eigenvalue weighted by Gasteiger charge is -2.32. The van der Waals surface area contributed by atoms with Crippen LogP contribution in [0.15, 0.2) is 77.4 Å². The minimum Gasteiger partial charge on any atom is -0.487 e. The normalized spacial score (nSPS) is 12.5. The van der Waals surface area contributed by atoms with Crippen molar-refractivity contribution in [3.05, 3.63) is 95.6 Å². The first-order chi connectivity index (χ1) is 15.4. The van der Waals surface area contributed by atoms with Crippen LogP contribution < -0.4 is 4.74 Å². The van der Waals surface area contributed by atoms with Gasteiger partial charge < -0.3 is 9.26 Å². The van der Waals surface area contributed by atoms with Crippen LogP contribution in [0.4, 0.5) is 4.39 Å². The van der Waals surface area contributed by atoms with Gasteiger partial charge in [0.1, 0.15) is 12.4 Å². The molecule has 2 heterocycles.